The Hall–Kier alpha value is -2.29. The monoisotopic (exact) mass is 266 g/mol. The highest BCUT2D eigenvalue weighted by molar-refractivity contribution is 5.81. The van der Waals surface area contributed by atoms with Crippen molar-refractivity contribution >= 4 is 6.09 Å². The molecular weight excluding hydrogens is 250 g/mol. The summed E-state index contributed by atoms with van der Waals surface area (Å²) < 4.78 is 4.89. The Balaban J connectivity index is 2.18. The minimum atomic E-state index is -0.350. The van der Waals surface area contributed by atoms with Gasteiger partial charge in [0.2, 0.25) is 0 Å². The van der Waals surface area contributed by atoms with Gasteiger partial charge in [-0.2, -0.15) is 0 Å². The lowest BCUT2D eigenvalue weighted by molar-refractivity contribution is 0.118. The summed E-state index contributed by atoms with van der Waals surface area (Å²) in [4.78, 5) is 13.7. The molecule has 3 heteroatoms. The van der Waals surface area contributed by atoms with Crippen molar-refractivity contribution in [3.8, 4) is 11.1 Å². The average Bonchev–Trinajstić information content (AvgIpc) is 2.83. The van der Waals surface area contributed by atoms with E-state index in [1.54, 1.807) is 4.90 Å². The minimum absolute atomic E-state index is 0.118. The second-order valence-electron chi connectivity index (χ2n) is 4.74. The summed E-state index contributed by atoms with van der Waals surface area (Å²) in [5.74, 6) is 0. The predicted octanol–water partition coefficient (Wildman–Crippen LogP) is 3.66. The summed E-state index contributed by atoms with van der Waals surface area (Å²) >= 11 is 0. The molecule has 0 unspecified atom stereocenters. The van der Waals surface area contributed by atoms with Crippen molar-refractivity contribution in [1.82, 2.24) is 4.90 Å². The molecule has 3 nitrogen and oxygen atoms in total. The Morgan fingerprint density at radius 1 is 1.10 bits per heavy atom. The van der Waals surface area contributed by atoms with Gasteiger partial charge in [-0.15, -0.1) is 0 Å². The van der Waals surface area contributed by atoms with Crippen molar-refractivity contribution in [3.05, 3.63) is 66.6 Å². The molecule has 101 valence electrons. The van der Waals surface area contributed by atoms with E-state index >= 15 is 0 Å². The molecule has 0 N–H and O–H groups in total. The molecule has 0 fully saturated rings. The topological polar surface area (TPSA) is 29.5 Å². The maximum Gasteiger partial charge on any atom is 0.410 e. The molecule has 0 spiro atoms. The fraction of sp³-hybridized carbons (Fsp3) is 0.176. The molecule has 0 saturated carbocycles. The van der Waals surface area contributed by atoms with Gasteiger partial charge < -0.3 is 4.74 Å². The molecule has 0 saturated heterocycles. The van der Waals surface area contributed by atoms with E-state index in [0.717, 1.165) is 11.1 Å². The number of amides is 1. The number of hydrogen-bond donors (Lipinski definition) is 0. The number of fused-ring (bicyclic) bond motifs is 3. The first-order valence-corrected chi connectivity index (χ1v) is 6.60. The Kier molecular flexibility index (Phi) is 3.18. The van der Waals surface area contributed by atoms with E-state index in [0.29, 0.717) is 6.54 Å². The smallest absolute Gasteiger partial charge is 0.410 e. The molecule has 1 radical (unpaired) electrons. The number of carbonyl (C=O) groups is 1. The van der Waals surface area contributed by atoms with Crippen molar-refractivity contribution < 1.29 is 9.53 Å². The summed E-state index contributed by atoms with van der Waals surface area (Å²) in [7, 11) is 1.40. The standard InChI is InChI=1S/C17H16NO2/c1-3-18(17(19)20-2)16-14-10-6-4-8-12(14)13-9-5-7-11-15(13)16/h4-11,16H,1,3H2,2H3. The van der Waals surface area contributed by atoms with Gasteiger partial charge in [-0.3, -0.25) is 4.90 Å². The first kappa shape index (κ1) is 12.7. The van der Waals surface area contributed by atoms with Crippen LogP contribution in [0.15, 0.2) is 48.5 Å². The highest BCUT2D eigenvalue weighted by Crippen LogP contribution is 2.46. The van der Waals surface area contributed by atoms with Crippen molar-refractivity contribution in [1.29, 1.82) is 0 Å². The number of benzene rings is 2. The summed E-state index contributed by atoms with van der Waals surface area (Å²) in [6.45, 7) is 4.23. The zero-order chi connectivity index (χ0) is 14.1. The highest BCUT2D eigenvalue weighted by Gasteiger charge is 2.34. The van der Waals surface area contributed by atoms with Gasteiger partial charge in [0, 0.05) is 6.54 Å². The Morgan fingerprint density at radius 3 is 2.05 bits per heavy atom. The third-order valence-corrected chi connectivity index (χ3v) is 3.76. The molecule has 1 aliphatic rings. The molecule has 1 amide bonds. The molecular formula is C17H16NO2. The number of ether oxygens (including phenoxy) is 1. The first-order valence-electron chi connectivity index (χ1n) is 6.60. The van der Waals surface area contributed by atoms with Crippen LogP contribution in [0.2, 0.25) is 0 Å². The van der Waals surface area contributed by atoms with Gasteiger partial charge in [-0.1, -0.05) is 48.5 Å². The Labute approximate surface area is 118 Å². The van der Waals surface area contributed by atoms with Crippen LogP contribution in [0.5, 0.6) is 0 Å². The van der Waals surface area contributed by atoms with Crippen LogP contribution in [0.1, 0.15) is 17.2 Å². The lowest BCUT2D eigenvalue weighted by atomic mass is 10.0. The third-order valence-electron chi connectivity index (χ3n) is 3.76. The molecule has 1 aliphatic carbocycles. The molecule has 0 bridgehead atoms. The first-order chi connectivity index (χ1) is 9.77. The summed E-state index contributed by atoms with van der Waals surface area (Å²) in [5, 5.41) is 0. The molecule has 2 aromatic rings. The van der Waals surface area contributed by atoms with Crippen LogP contribution in [-0.4, -0.2) is 24.6 Å². The maximum atomic E-state index is 12.0. The van der Waals surface area contributed by atoms with E-state index in [9.17, 15) is 4.79 Å². The van der Waals surface area contributed by atoms with Gasteiger partial charge in [0.25, 0.3) is 0 Å². The third kappa shape index (κ3) is 1.78. The molecule has 0 aliphatic heterocycles. The number of methoxy groups -OCH3 is 1. The molecule has 2 aromatic carbocycles. The van der Waals surface area contributed by atoms with Crippen LogP contribution in [0.3, 0.4) is 0 Å². The van der Waals surface area contributed by atoms with E-state index in [4.69, 9.17) is 4.74 Å². The van der Waals surface area contributed by atoms with Crippen molar-refractivity contribution in [2.75, 3.05) is 13.7 Å². The van der Waals surface area contributed by atoms with Crippen molar-refractivity contribution in [2.24, 2.45) is 0 Å². The Bertz CT molecular complexity index is 605. The van der Waals surface area contributed by atoms with Gasteiger partial charge in [0.05, 0.1) is 13.2 Å². The fourth-order valence-electron chi connectivity index (χ4n) is 2.91. The predicted molar refractivity (Wildman–Crippen MR) is 78.2 cm³/mol. The van der Waals surface area contributed by atoms with E-state index < -0.39 is 0 Å². The SMILES string of the molecule is [CH2]CN(C(=O)OC)C1c2ccccc2-c2ccccc21. The molecule has 0 heterocycles. The molecule has 20 heavy (non-hydrogen) atoms. The second kappa shape index (κ2) is 5.00. The zero-order valence-electron chi connectivity index (χ0n) is 11.4. The number of nitrogens with zero attached hydrogens (tertiary/aromatic N) is 1. The molecule has 3 rings (SSSR count). The zero-order valence-corrected chi connectivity index (χ0v) is 11.4. The van der Waals surface area contributed by atoms with E-state index in [-0.39, 0.29) is 12.1 Å². The normalized spacial score (nSPS) is 12.7. The maximum absolute atomic E-state index is 12.0. The van der Waals surface area contributed by atoms with E-state index in [1.165, 1.54) is 18.2 Å². The van der Waals surface area contributed by atoms with Crippen LogP contribution in [0.4, 0.5) is 4.79 Å². The number of hydrogen-bond acceptors (Lipinski definition) is 2. The van der Waals surface area contributed by atoms with Gasteiger partial charge in [-0.25, -0.2) is 4.79 Å². The van der Waals surface area contributed by atoms with Crippen LogP contribution in [0.25, 0.3) is 11.1 Å². The number of carbonyl (C=O) groups excluding carboxylic acids is 1. The second-order valence-corrected chi connectivity index (χ2v) is 4.74. The summed E-state index contributed by atoms with van der Waals surface area (Å²) in [5.41, 5.74) is 4.61. The van der Waals surface area contributed by atoms with Gasteiger partial charge >= 0.3 is 6.09 Å². The largest absolute Gasteiger partial charge is 0.453 e. The number of rotatable bonds is 2. The van der Waals surface area contributed by atoms with Crippen molar-refractivity contribution in [3.63, 3.8) is 0 Å². The van der Waals surface area contributed by atoms with Crippen molar-refractivity contribution in [2.45, 2.75) is 6.04 Å². The molecule has 0 aromatic heterocycles. The minimum Gasteiger partial charge on any atom is -0.453 e. The van der Waals surface area contributed by atoms with Crippen LogP contribution >= 0.6 is 0 Å². The van der Waals surface area contributed by atoms with E-state index in [2.05, 4.69) is 31.2 Å². The lowest BCUT2D eigenvalue weighted by Gasteiger charge is -2.28. The summed E-state index contributed by atoms with van der Waals surface area (Å²) in [6.07, 6.45) is -0.350. The van der Waals surface area contributed by atoms with Crippen LogP contribution in [0, 0.1) is 6.92 Å². The fourth-order valence-corrected chi connectivity index (χ4v) is 2.91. The van der Waals surface area contributed by atoms with Crippen LogP contribution in [-0.2, 0) is 4.74 Å². The van der Waals surface area contributed by atoms with E-state index in [1.807, 2.05) is 24.3 Å². The molecule has 0 atom stereocenters. The average molecular weight is 266 g/mol. The highest BCUT2D eigenvalue weighted by atomic mass is 16.5. The van der Waals surface area contributed by atoms with Gasteiger partial charge in [0.15, 0.2) is 0 Å². The van der Waals surface area contributed by atoms with Gasteiger partial charge in [0.1, 0.15) is 0 Å². The quantitative estimate of drug-likeness (QED) is 0.830. The summed E-state index contributed by atoms with van der Waals surface area (Å²) in [6, 6.07) is 16.2. The van der Waals surface area contributed by atoms with Crippen LogP contribution < -0.4 is 0 Å². The Morgan fingerprint density at radius 2 is 1.60 bits per heavy atom. The lowest BCUT2D eigenvalue weighted by Crippen LogP contribution is -2.34. The van der Waals surface area contributed by atoms with Gasteiger partial charge in [-0.05, 0) is 29.2 Å².